The lowest BCUT2D eigenvalue weighted by Gasteiger charge is -2.13. The molecular weight excluding hydrogens is 193 g/mol. The molecule has 0 N–H and O–H groups in total. The van der Waals surface area contributed by atoms with Gasteiger partial charge in [0.05, 0.1) is 25.7 Å². The third kappa shape index (κ3) is 5.53. The zero-order valence-corrected chi connectivity index (χ0v) is 8.33. The second kappa shape index (κ2) is 6.79. The van der Waals surface area contributed by atoms with Crippen LogP contribution in [-0.2, 0) is 18.4 Å². The molecule has 0 aliphatic rings. The summed E-state index contributed by atoms with van der Waals surface area (Å²) < 4.78 is 21.1. The fraction of sp³-hybridized carbons (Fsp3) is 0.714. The predicted octanol–water partition coefficient (Wildman–Crippen LogP) is 1.35. The topological polar surface area (TPSA) is 76.4 Å². The van der Waals surface area contributed by atoms with Crippen LogP contribution in [0.3, 0.4) is 0 Å². The Morgan fingerprint density at radius 2 is 2.23 bits per heavy atom. The normalized spacial score (nSPS) is 14.5. The van der Waals surface area contributed by atoms with Crippen molar-refractivity contribution < 1.29 is 18.4 Å². The maximum atomic E-state index is 11.5. The fourth-order valence-corrected chi connectivity index (χ4v) is 1.89. The van der Waals surface area contributed by atoms with Gasteiger partial charge in [-0.1, -0.05) is 0 Å². The highest BCUT2D eigenvalue weighted by Crippen LogP contribution is 2.46. The maximum absolute atomic E-state index is 11.5. The van der Waals surface area contributed by atoms with Gasteiger partial charge in [0.15, 0.2) is 0 Å². The molecule has 0 aromatic heterocycles. The van der Waals surface area contributed by atoms with E-state index in [9.17, 15) is 9.36 Å². The monoisotopic (exact) mass is 205 g/mol. The molecule has 6 heteroatoms. The quantitative estimate of drug-likeness (QED) is 0.356. The summed E-state index contributed by atoms with van der Waals surface area (Å²) in [6.45, 7) is 1.91. The van der Waals surface area contributed by atoms with Gasteiger partial charge >= 0.3 is 7.60 Å². The van der Waals surface area contributed by atoms with Crippen molar-refractivity contribution in [2.45, 2.75) is 13.3 Å². The lowest BCUT2D eigenvalue weighted by Crippen LogP contribution is -2.01. The number of nitriles is 1. The summed E-state index contributed by atoms with van der Waals surface area (Å²) in [4.78, 5) is 10.1. The third-order valence-electron chi connectivity index (χ3n) is 1.13. The molecule has 0 rings (SSSR count). The summed E-state index contributed by atoms with van der Waals surface area (Å²) in [5.41, 5.74) is 0. The summed E-state index contributed by atoms with van der Waals surface area (Å²) >= 11 is 0. The molecule has 0 saturated heterocycles. The van der Waals surface area contributed by atoms with E-state index < -0.39 is 7.60 Å². The molecule has 0 aromatic carbocycles. The molecule has 0 spiro atoms. The van der Waals surface area contributed by atoms with E-state index in [4.69, 9.17) is 14.3 Å². The molecule has 0 aliphatic carbocycles. The van der Waals surface area contributed by atoms with Crippen LogP contribution in [-0.4, -0.2) is 25.7 Å². The van der Waals surface area contributed by atoms with Crippen molar-refractivity contribution in [3.8, 4) is 6.07 Å². The Hall–Kier alpha value is -0.690. The van der Waals surface area contributed by atoms with E-state index in [0.29, 0.717) is 6.29 Å². The molecule has 13 heavy (non-hydrogen) atoms. The van der Waals surface area contributed by atoms with Gasteiger partial charge in [-0.15, -0.1) is 0 Å². The molecule has 5 nitrogen and oxygen atoms in total. The van der Waals surface area contributed by atoms with Crippen molar-refractivity contribution in [1.29, 1.82) is 5.26 Å². The Labute approximate surface area is 77.2 Å². The Morgan fingerprint density at radius 3 is 2.69 bits per heavy atom. The van der Waals surface area contributed by atoms with E-state index in [-0.39, 0.29) is 25.8 Å². The van der Waals surface area contributed by atoms with Crippen LogP contribution in [0.15, 0.2) is 0 Å². The number of rotatable bonds is 7. The molecule has 0 aromatic rings. The molecule has 1 unspecified atom stereocenters. The summed E-state index contributed by atoms with van der Waals surface area (Å²) in [5.74, 6) is 0. The Kier molecular flexibility index (Phi) is 6.43. The Morgan fingerprint density at radius 1 is 1.54 bits per heavy atom. The van der Waals surface area contributed by atoms with E-state index >= 15 is 0 Å². The van der Waals surface area contributed by atoms with E-state index in [1.165, 1.54) is 0 Å². The van der Waals surface area contributed by atoms with Crippen LogP contribution in [0.2, 0.25) is 0 Å². The maximum Gasteiger partial charge on any atom is 0.337 e. The molecule has 0 amide bonds. The van der Waals surface area contributed by atoms with Gasteiger partial charge in [-0.25, -0.2) is 0 Å². The van der Waals surface area contributed by atoms with E-state index in [1.807, 2.05) is 6.07 Å². The average Bonchev–Trinajstić information content (AvgIpc) is 2.05. The minimum Gasteiger partial charge on any atom is -0.309 e. The number of hydrogen-bond acceptors (Lipinski definition) is 5. The molecule has 1 atom stereocenters. The first kappa shape index (κ1) is 12.3. The van der Waals surface area contributed by atoms with E-state index in [0.717, 1.165) is 0 Å². The highest BCUT2D eigenvalue weighted by molar-refractivity contribution is 7.54. The van der Waals surface area contributed by atoms with Crippen LogP contribution in [0.25, 0.3) is 0 Å². The van der Waals surface area contributed by atoms with Gasteiger partial charge < -0.3 is 13.8 Å². The van der Waals surface area contributed by atoms with Crippen molar-refractivity contribution in [2.75, 3.05) is 19.4 Å². The second-order valence-corrected chi connectivity index (χ2v) is 4.22. The van der Waals surface area contributed by atoms with Gasteiger partial charge in [0.2, 0.25) is 0 Å². The molecule has 0 aliphatic heterocycles. The minimum absolute atomic E-state index is 0.0294. The summed E-state index contributed by atoms with van der Waals surface area (Å²) in [6, 6.07) is 1.83. The van der Waals surface area contributed by atoms with Crippen LogP contribution in [0.1, 0.15) is 13.3 Å². The van der Waals surface area contributed by atoms with Crippen molar-refractivity contribution in [1.82, 2.24) is 0 Å². The molecule has 74 valence electrons. The average molecular weight is 205 g/mol. The van der Waals surface area contributed by atoms with Crippen LogP contribution < -0.4 is 0 Å². The Balaban J connectivity index is 4.00. The second-order valence-electron chi connectivity index (χ2n) is 2.12. The van der Waals surface area contributed by atoms with Crippen LogP contribution in [0.4, 0.5) is 0 Å². The van der Waals surface area contributed by atoms with Gasteiger partial charge in [-0.3, -0.25) is 4.57 Å². The molecule has 0 heterocycles. The molecule has 0 bridgehead atoms. The molecule has 0 saturated carbocycles. The number of carbonyl (C=O) groups excluding carboxylic acids is 1. The van der Waals surface area contributed by atoms with Gasteiger partial charge in [-0.05, 0) is 6.92 Å². The summed E-state index contributed by atoms with van der Waals surface area (Å²) in [5, 5.41) is 8.19. The SMILES string of the molecule is CCOP(=O)(CC=O)OCCC#N. The van der Waals surface area contributed by atoms with Gasteiger partial charge in [0.25, 0.3) is 0 Å². The smallest absolute Gasteiger partial charge is 0.309 e. The van der Waals surface area contributed by atoms with Crippen LogP contribution >= 0.6 is 7.60 Å². The van der Waals surface area contributed by atoms with Crippen molar-refractivity contribution in [2.24, 2.45) is 0 Å². The number of hydrogen-bond donors (Lipinski definition) is 0. The number of carbonyl (C=O) groups is 1. The molecule has 0 radical (unpaired) electrons. The lowest BCUT2D eigenvalue weighted by molar-refractivity contribution is -0.106. The zero-order chi connectivity index (χ0) is 10.2. The van der Waals surface area contributed by atoms with Crippen LogP contribution in [0.5, 0.6) is 0 Å². The highest BCUT2D eigenvalue weighted by atomic mass is 31.2. The third-order valence-corrected chi connectivity index (χ3v) is 2.95. The van der Waals surface area contributed by atoms with Crippen LogP contribution in [0, 0.1) is 11.3 Å². The first-order chi connectivity index (χ1) is 6.18. The fourth-order valence-electron chi connectivity index (χ4n) is 0.661. The lowest BCUT2D eigenvalue weighted by atomic mass is 10.5. The first-order valence-electron chi connectivity index (χ1n) is 3.87. The number of nitrogens with zero attached hydrogens (tertiary/aromatic N) is 1. The van der Waals surface area contributed by atoms with Gasteiger partial charge in [0.1, 0.15) is 12.4 Å². The van der Waals surface area contributed by atoms with Crippen molar-refractivity contribution in [3.05, 3.63) is 0 Å². The number of aldehydes is 1. The highest BCUT2D eigenvalue weighted by Gasteiger charge is 2.22. The van der Waals surface area contributed by atoms with E-state index in [1.54, 1.807) is 6.92 Å². The minimum atomic E-state index is -3.27. The molecule has 0 fully saturated rings. The molecular formula is C7H12NO4P. The Bertz CT molecular complexity index is 235. The van der Waals surface area contributed by atoms with E-state index in [2.05, 4.69) is 0 Å². The summed E-state index contributed by atoms with van der Waals surface area (Å²) in [7, 11) is -3.27. The zero-order valence-electron chi connectivity index (χ0n) is 7.43. The standard InChI is InChI=1S/C7H12NO4P/c1-2-11-13(10,7-5-9)12-6-3-4-8/h5H,2-3,6-7H2,1H3. The first-order valence-corrected chi connectivity index (χ1v) is 5.60. The summed E-state index contributed by atoms with van der Waals surface area (Å²) in [6.07, 6.45) is 0.366. The predicted molar refractivity (Wildman–Crippen MR) is 46.3 cm³/mol. The van der Waals surface area contributed by atoms with Crippen molar-refractivity contribution in [3.63, 3.8) is 0 Å². The largest absolute Gasteiger partial charge is 0.337 e. The van der Waals surface area contributed by atoms with Crippen molar-refractivity contribution >= 4 is 13.9 Å². The van der Waals surface area contributed by atoms with Gasteiger partial charge in [-0.2, -0.15) is 5.26 Å². The van der Waals surface area contributed by atoms with Gasteiger partial charge in [0, 0.05) is 0 Å².